The summed E-state index contributed by atoms with van der Waals surface area (Å²) in [7, 11) is 0. The van der Waals surface area contributed by atoms with Crippen LogP contribution in [0.5, 0.6) is 5.75 Å². The minimum Gasteiger partial charge on any atom is -0.402 e. The number of ether oxygens (including phenoxy) is 1. The quantitative estimate of drug-likeness (QED) is 0.562. The summed E-state index contributed by atoms with van der Waals surface area (Å²) in [5.74, 6) is -2.00. The van der Waals surface area contributed by atoms with Crippen LogP contribution in [-0.4, -0.2) is 11.3 Å². The summed E-state index contributed by atoms with van der Waals surface area (Å²) in [6.07, 6.45) is -4.43. The van der Waals surface area contributed by atoms with Gasteiger partial charge < -0.3 is 4.74 Å². The minimum atomic E-state index is -4.92. The highest BCUT2D eigenvalue weighted by Crippen LogP contribution is 2.35. The first-order valence-electron chi connectivity index (χ1n) is 3.06. The van der Waals surface area contributed by atoms with Crippen molar-refractivity contribution in [2.24, 2.45) is 0 Å². The molecule has 0 saturated carbocycles. The second-order valence-corrected chi connectivity index (χ2v) is 2.84. The Balaban J connectivity index is 3.06. The van der Waals surface area contributed by atoms with Crippen LogP contribution in [-0.2, 0) is 0 Å². The molecule has 0 amide bonds. The van der Waals surface area contributed by atoms with Crippen molar-refractivity contribution in [2.75, 3.05) is 0 Å². The van der Waals surface area contributed by atoms with E-state index in [0.717, 1.165) is 0 Å². The van der Waals surface area contributed by atoms with Gasteiger partial charge in [0.15, 0.2) is 5.75 Å². The number of pyridine rings is 1. The fraction of sp³-hybridized carbons (Fsp3) is 0.167. The third kappa shape index (κ3) is 2.62. The molecule has 2 nitrogen and oxygen atoms in total. The normalized spacial score (nSPS) is 11.6. The van der Waals surface area contributed by atoms with Gasteiger partial charge in [-0.25, -0.2) is 4.98 Å². The van der Waals surface area contributed by atoms with Crippen LogP contribution >= 0.6 is 23.2 Å². The molecule has 0 unspecified atom stereocenters. The molecule has 0 aromatic carbocycles. The number of hydrogen-bond acceptors (Lipinski definition) is 2. The van der Waals surface area contributed by atoms with E-state index in [9.17, 15) is 17.6 Å². The van der Waals surface area contributed by atoms with Crippen molar-refractivity contribution in [1.29, 1.82) is 0 Å². The molecular formula is C6HCl2F4NO. The zero-order valence-corrected chi connectivity index (χ0v) is 7.71. The van der Waals surface area contributed by atoms with Crippen molar-refractivity contribution in [3.05, 3.63) is 22.2 Å². The van der Waals surface area contributed by atoms with E-state index in [4.69, 9.17) is 23.2 Å². The maximum atomic E-state index is 12.5. The maximum absolute atomic E-state index is 12.5. The summed E-state index contributed by atoms with van der Waals surface area (Å²) in [5.41, 5.74) is 0. The molecule has 14 heavy (non-hydrogen) atoms. The average molecular weight is 250 g/mol. The average Bonchev–Trinajstić information content (AvgIpc) is 2.04. The Hall–Kier alpha value is -0.750. The van der Waals surface area contributed by atoms with E-state index in [-0.39, 0.29) is 0 Å². The molecule has 0 aliphatic carbocycles. The Morgan fingerprint density at radius 3 is 2.29 bits per heavy atom. The molecular weight excluding hydrogens is 249 g/mol. The highest BCUT2D eigenvalue weighted by molar-refractivity contribution is 6.42. The molecule has 1 aromatic rings. The smallest absolute Gasteiger partial charge is 0.402 e. The molecule has 0 atom stereocenters. The fourth-order valence-electron chi connectivity index (χ4n) is 0.623. The molecule has 0 spiro atoms. The van der Waals surface area contributed by atoms with Crippen LogP contribution in [0.1, 0.15) is 0 Å². The molecule has 0 aliphatic heterocycles. The molecule has 1 rings (SSSR count). The van der Waals surface area contributed by atoms with Crippen LogP contribution in [0.15, 0.2) is 6.20 Å². The Kier molecular flexibility index (Phi) is 3.06. The van der Waals surface area contributed by atoms with E-state index >= 15 is 0 Å². The second-order valence-electron chi connectivity index (χ2n) is 2.09. The van der Waals surface area contributed by atoms with E-state index < -0.39 is 28.1 Å². The molecule has 0 fully saturated rings. The van der Waals surface area contributed by atoms with Gasteiger partial charge in [0, 0.05) is 0 Å². The Morgan fingerprint density at radius 1 is 1.21 bits per heavy atom. The van der Waals surface area contributed by atoms with Crippen molar-refractivity contribution in [3.8, 4) is 5.75 Å². The number of alkyl halides is 3. The summed E-state index contributed by atoms with van der Waals surface area (Å²) in [6, 6.07) is 0. The Bertz CT molecular complexity index is 354. The molecule has 8 heteroatoms. The van der Waals surface area contributed by atoms with E-state index in [1.165, 1.54) is 0 Å². The number of rotatable bonds is 1. The predicted molar refractivity (Wildman–Crippen MR) is 40.9 cm³/mol. The Labute approximate surface area is 85.4 Å². The van der Waals surface area contributed by atoms with Crippen LogP contribution < -0.4 is 4.74 Å². The highest BCUT2D eigenvalue weighted by atomic mass is 35.5. The first-order valence-corrected chi connectivity index (χ1v) is 3.82. The number of halogens is 6. The second kappa shape index (κ2) is 3.78. The molecule has 0 saturated heterocycles. The summed E-state index contributed by atoms with van der Waals surface area (Å²) in [4.78, 5) is 2.92. The number of hydrogen-bond donors (Lipinski definition) is 0. The first-order chi connectivity index (χ1) is 6.31. The zero-order valence-electron chi connectivity index (χ0n) is 6.20. The molecule has 78 valence electrons. The van der Waals surface area contributed by atoms with Gasteiger partial charge in [-0.15, -0.1) is 13.2 Å². The van der Waals surface area contributed by atoms with Crippen molar-refractivity contribution in [1.82, 2.24) is 4.98 Å². The summed E-state index contributed by atoms with van der Waals surface area (Å²) >= 11 is 10.5. The van der Waals surface area contributed by atoms with Gasteiger partial charge in [0.05, 0.1) is 6.20 Å². The number of aromatic nitrogens is 1. The van der Waals surface area contributed by atoms with Crippen molar-refractivity contribution in [2.45, 2.75) is 6.36 Å². The minimum absolute atomic E-state index is 0.497. The molecule has 0 N–H and O–H groups in total. The zero-order chi connectivity index (χ0) is 10.9. The lowest BCUT2D eigenvalue weighted by Crippen LogP contribution is -2.17. The van der Waals surface area contributed by atoms with Gasteiger partial charge in [0.25, 0.3) is 0 Å². The van der Waals surface area contributed by atoms with E-state index in [1.807, 2.05) is 0 Å². The Morgan fingerprint density at radius 2 is 1.79 bits per heavy atom. The third-order valence-electron chi connectivity index (χ3n) is 1.11. The van der Waals surface area contributed by atoms with Crippen LogP contribution in [0.3, 0.4) is 0 Å². The SMILES string of the molecule is Fc1ncc(OC(F)(F)F)c(Cl)c1Cl. The van der Waals surface area contributed by atoms with Gasteiger partial charge in [-0.05, 0) is 0 Å². The van der Waals surface area contributed by atoms with Crippen LogP contribution in [0.25, 0.3) is 0 Å². The van der Waals surface area contributed by atoms with Crippen LogP contribution in [0, 0.1) is 5.95 Å². The number of nitrogens with zero attached hydrogens (tertiary/aromatic N) is 1. The first kappa shape index (κ1) is 11.3. The predicted octanol–water partition coefficient (Wildman–Crippen LogP) is 3.43. The van der Waals surface area contributed by atoms with Gasteiger partial charge in [-0.2, -0.15) is 4.39 Å². The van der Waals surface area contributed by atoms with E-state index in [0.29, 0.717) is 6.20 Å². The van der Waals surface area contributed by atoms with Crippen molar-refractivity contribution >= 4 is 23.2 Å². The van der Waals surface area contributed by atoms with Crippen molar-refractivity contribution in [3.63, 3.8) is 0 Å². The lowest BCUT2D eigenvalue weighted by molar-refractivity contribution is -0.274. The maximum Gasteiger partial charge on any atom is 0.573 e. The van der Waals surface area contributed by atoms with Gasteiger partial charge >= 0.3 is 6.36 Å². The van der Waals surface area contributed by atoms with E-state index in [2.05, 4.69) is 9.72 Å². The largest absolute Gasteiger partial charge is 0.573 e. The van der Waals surface area contributed by atoms with Gasteiger partial charge in [0.1, 0.15) is 10.0 Å². The van der Waals surface area contributed by atoms with E-state index in [1.54, 1.807) is 0 Å². The van der Waals surface area contributed by atoms with Crippen LogP contribution in [0.2, 0.25) is 10.0 Å². The van der Waals surface area contributed by atoms with Crippen LogP contribution in [0.4, 0.5) is 17.6 Å². The highest BCUT2D eigenvalue weighted by Gasteiger charge is 2.33. The third-order valence-corrected chi connectivity index (χ3v) is 1.93. The molecule has 0 radical (unpaired) electrons. The molecule has 1 heterocycles. The standard InChI is InChI=1S/C6HCl2F4NO/c7-3-2(14-6(10,11)12)1-13-5(9)4(3)8/h1H. The monoisotopic (exact) mass is 249 g/mol. The lowest BCUT2D eigenvalue weighted by atomic mass is 10.4. The molecule has 0 aliphatic rings. The topological polar surface area (TPSA) is 22.1 Å². The summed E-state index contributed by atoms with van der Waals surface area (Å²) in [6.45, 7) is 0. The molecule has 1 aromatic heterocycles. The fourth-order valence-corrected chi connectivity index (χ4v) is 0.930. The summed E-state index contributed by atoms with van der Waals surface area (Å²) in [5, 5.41) is -1.38. The molecule has 0 bridgehead atoms. The van der Waals surface area contributed by atoms with Gasteiger partial charge in [-0.1, -0.05) is 23.2 Å². The summed E-state index contributed by atoms with van der Waals surface area (Å²) < 4.78 is 51.1. The van der Waals surface area contributed by atoms with Gasteiger partial charge in [-0.3, -0.25) is 0 Å². The van der Waals surface area contributed by atoms with Gasteiger partial charge in [0.2, 0.25) is 5.95 Å². The lowest BCUT2D eigenvalue weighted by Gasteiger charge is -2.10. The van der Waals surface area contributed by atoms with Crippen molar-refractivity contribution < 1.29 is 22.3 Å².